The van der Waals surface area contributed by atoms with Crippen LogP contribution < -0.4 is 0 Å². The number of rotatable bonds is 3. The molecule has 0 saturated heterocycles. The van der Waals surface area contributed by atoms with Crippen LogP contribution >= 0.6 is 0 Å². The predicted octanol–water partition coefficient (Wildman–Crippen LogP) is 3.10. The molecule has 1 aliphatic rings. The van der Waals surface area contributed by atoms with Gasteiger partial charge in [0.05, 0.1) is 0 Å². The Balaban J connectivity index is 1.79. The Labute approximate surface area is 92.8 Å². The second-order valence-electron chi connectivity index (χ2n) is 4.39. The van der Waals surface area contributed by atoms with E-state index in [0.717, 1.165) is 12.3 Å². The summed E-state index contributed by atoms with van der Waals surface area (Å²) < 4.78 is 0. The van der Waals surface area contributed by atoms with Crippen molar-refractivity contribution < 1.29 is 0 Å². The maximum absolute atomic E-state index is 4.12. The number of allylic oxidation sites excluding steroid dienone is 2. The van der Waals surface area contributed by atoms with Gasteiger partial charge in [0, 0.05) is 0 Å². The summed E-state index contributed by atoms with van der Waals surface area (Å²) >= 11 is 0. The summed E-state index contributed by atoms with van der Waals surface area (Å²) in [5.74, 6) is 2.85. The molecule has 2 heteroatoms. The van der Waals surface area contributed by atoms with E-state index in [9.17, 15) is 0 Å². The monoisotopic (exact) mass is 199 g/mol. The summed E-state index contributed by atoms with van der Waals surface area (Å²) in [4.78, 5) is 4.12. The van der Waals surface area contributed by atoms with Crippen LogP contribution in [0.1, 0.15) is 37.6 Å². The van der Waals surface area contributed by atoms with Gasteiger partial charge in [0.25, 0.3) is 0 Å². The Morgan fingerprint density at radius 1 is 1.33 bits per heavy atom. The molecule has 78 valence electrons. The van der Waals surface area contributed by atoms with Crippen molar-refractivity contribution >= 4 is 6.91 Å². The van der Waals surface area contributed by atoms with Gasteiger partial charge in [0.1, 0.15) is 0 Å². The van der Waals surface area contributed by atoms with E-state index in [2.05, 4.69) is 24.0 Å². The van der Waals surface area contributed by atoms with Gasteiger partial charge in [-0.3, -0.25) is 0 Å². The van der Waals surface area contributed by atoms with Crippen LogP contribution in [0.3, 0.4) is 0 Å². The fraction of sp³-hybridized carbons (Fsp3) is 0.538. The first-order valence-electron chi connectivity index (χ1n) is 6.01. The summed E-state index contributed by atoms with van der Waals surface area (Å²) in [6.07, 6.45) is 16.6. The molecule has 0 atom stereocenters. The van der Waals surface area contributed by atoms with Gasteiger partial charge in [-0.2, -0.15) is 0 Å². The second-order valence-corrected chi connectivity index (χ2v) is 4.39. The van der Waals surface area contributed by atoms with Crippen molar-refractivity contribution in [3.05, 3.63) is 36.0 Å². The average molecular weight is 199 g/mol. The maximum atomic E-state index is 4.12. The van der Waals surface area contributed by atoms with Gasteiger partial charge in [0.2, 0.25) is 0 Å². The fourth-order valence-corrected chi connectivity index (χ4v) is 2.24. The molecule has 0 N–H and O–H groups in total. The quantitative estimate of drug-likeness (QED) is 0.681. The Bertz CT molecular complexity index is 302. The van der Waals surface area contributed by atoms with Crippen molar-refractivity contribution in [2.45, 2.75) is 38.5 Å². The third-order valence-electron chi connectivity index (χ3n) is 3.13. The van der Waals surface area contributed by atoms with E-state index in [-0.39, 0.29) is 0 Å². The van der Waals surface area contributed by atoms with Crippen molar-refractivity contribution in [2.24, 2.45) is 5.92 Å². The zero-order chi connectivity index (χ0) is 10.3. The predicted molar refractivity (Wildman–Crippen MR) is 65.0 cm³/mol. The van der Waals surface area contributed by atoms with Gasteiger partial charge in [0.15, 0.2) is 0 Å². The van der Waals surface area contributed by atoms with Gasteiger partial charge in [-0.1, -0.05) is 0 Å². The third kappa shape index (κ3) is 3.62. The molecule has 1 nitrogen and oxygen atoms in total. The molecule has 0 unspecified atom stereocenters. The number of hydrogen-bond donors (Lipinski definition) is 0. The van der Waals surface area contributed by atoms with Crippen LogP contribution in [0.5, 0.6) is 0 Å². The van der Waals surface area contributed by atoms with Crippen molar-refractivity contribution in [3.63, 3.8) is 0 Å². The van der Waals surface area contributed by atoms with E-state index in [1.165, 1.54) is 37.6 Å². The fourth-order valence-electron chi connectivity index (χ4n) is 2.24. The minimum atomic E-state index is 0.843. The van der Waals surface area contributed by atoms with E-state index >= 15 is 0 Å². The Kier molecular flexibility index (Phi) is 4.13. The molecule has 0 radical (unpaired) electrons. The minimum absolute atomic E-state index is 0.843. The van der Waals surface area contributed by atoms with E-state index in [0.29, 0.717) is 0 Å². The van der Waals surface area contributed by atoms with E-state index in [1.807, 2.05) is 18.4 Å². The number of aromatic nitrogens is 1. The summed E-state index contributed by atoms with van der Waals surface area (Å²) in [7, 11) is 0. The summed E-state index contributed by atoms with van der Waals surface area (Å²) in [6.45, 7) is 2.14. The van der Waals surface area contributed by atoms with Gasteiger partial charge < -0.3 is 0 Å². The molecule has 0 bridgehead atoms. The van der Waals surface area contributed by atoms with Crippen LogP contribution in [0.2, 0.25) is 0 Å². The summed E-state index contributed by atoms with van der Waals surface area (Å²) in [6, 6.07) is 0. The second kappa shape index (κ2) is 5.84. The molecule has 1 aromatic rings. The normalized spacial score (nSPS) is 18.1. The molecular formula is C13H18BN. The standard InChI is InChI=1S/C13H18BN/c1-2-5-12(6-3-1)7-4-8-13-11-15-10-9-14-13/h4,7,9-12H,1-3,5-6,8H2/b7-4-. The van der Waals surface area contributed by atoms with Gasteiger partial charge in [-0.15, -0.1) is 0 Å². The van der Waals surface area contributed by atoms with Gasteiger partial charge in [-0.25, -0.2) is 0 Å². The molecule has 15 heavy (non-hydrogen) atoms. The van der Waals surface area contributed by atoms with Crippen LogP contribution in [-0.2, 0) is 6.42 Å². The van der Waals surface area contributed by atoms with E-state index in [4.69, 9.17) is 0 Å². The first-order chi connectivity index (χ1) is 7.45. The number of hydrogen-bond acceptors (Lipinski definition) is 1. The van der Waals surface area contributed by atoms with Crippen LogP contribution in [0.25, 0.3) is 0 Å². The van der Waals surface area contributed by atoms with Gasteiger partial charge >= 0.3 is 92.3 Å². The third-order valence-corrected chi connectivity index (χ3v) is 3.13. The zero-order valence-corrected chi connectivity index (χ0v) is 9.23. The Hall–Kier alpha value is -0.915. The van der Waals surface area contributed by atoms with Crippen LogP contribution in [-0.4, -0.2) is 11.9 Å². The molecule has 1 heterocycles. The van der Waals surface area contributed by atoms with Crippen LogP contribution in [0.15, 0.2) is 30.5 Å². The molecule has 1 fully saturated rings. The van der Waals surface area contributed by atoms with Crippen molar-refractivity contribution in [1.82, 2.24) is 4.98 Å². The summed E-state index contributed by atoms with van der Waals surface area (Å²) in [5, 5.41) is 0. The SMILES string of the molecule is b1ccncc1C/C=C\C1CCCCC1. The zero-order valence-electron chi connectivity index (χ0n) is 9.23. The molecule has 1 aliphatic carbocycles. The molecule has 2 rings (SSSR count). The Morgan fingerprint density at radius 2 is 2.20 bits per heavy atom. The van der Waals surface area contributed by atoms with E-state index < -0.39 is 0 Å². The molecule has 1 aromatic heterocycles. The van der Waals surface area contributed by atoms with Crippen molar-refractivity contribution in [3.8, 4) is 0 Å². The molecular weight excluding hydrogens is 181 g/mol. The Morgan fingerprint density at radius 3 is 2.93 bits per heavy atom. The van der Waals surface area contributed by atoms with Crippen molar-refractivity contribution in [2.75, 3.05) is 0 Å². The molecule has 0 aliphatic heterocycles. The van der Waals surface area contributed by atoms with Crippen molar-refractivity contribution in [1.29, 1.82) is 0 Å². The first kappa shape index (κ1) is 10.6. The van der Waals surface area contributed by atoms with Gasteiger partial charge in [-0.05, 0) is 0 Å². The molecule has 1 saturated carbocycles. The number of nitrogens with zero attached hydrogens (tertiary/aromatic N) is 1. The molecule has 0 aromatic carbocycles. The average Bonchev–Trinajstić information content (AvgIpc) is 2.32. The first-order valence-corrected chi connectivity index (χ1v) is 6.01. The van der Waals surface area contributed by atoms with Crippen LogP contribution in [0, 0.1) is 5.92 Å². The topological polar surface area (TPSA) is 12.9 Å². The summed E-state index contributed by atoms with van der Waals surface area (Å²) in [5.41, 5.74) is 1.31. The van der Waals surface area contributed by atoms with Crippen LogP contribution in [0.4, 0.5) is 0 Å². The molecule has 0 spiro atoms. The molecule has 0 amide bonds. The van der Waals surface area contributed by atoms with E-state index in [1.54, 1.807) is 0 Å².